The summed E-state index contributed by atoms with van der Waals surface area (Å²) >= 11 is 3.16. The second-order valence-corrected chi connectivity index (χ2v) is 8.05. The third kappa shape index (κ3) is 3.32. The van der Waals surface area contributed by atoms with Gasteiger partial charge in [-0.2, -0.15) is 0 Å². The lowest BCUT2D eigenvalue weighted by molar-refractivity contribution is -0.134. The number of hydrogen-bond acceptors (Lipinski definition) is 6. The van der Waals surface area contributed by atoms with E-state index in [0.29, 0.717) is 32.7 Å². The Bertz CT molecular complexity index is 908. The van der Waals surface area contributed by atoms with Gasteiger partial charge in [-0.1, -0.05) is 0 Å². The van der Waals surface area contributed by atoms with Crippen LogP contribution in [0.4, 0.5) is 0 Å². The lowest BCUT2D eigenvalue weighted by atomic mass is 10.2. The Morgan fingerprint density at radius 2 is 2.08 bits per heavy atom. The standard InChI is InChI=1S/C18H20N4O2S2/c1-12-9-14(13(2)22(12)18-19-3-8-25-18)15-11-26-16(20-15)10-17(23)21-4-6-24-7-5-21/h3,8-9,11H,4-7,10H2,1-2H3. The first kappa shape index (κ1) is 17.4. The monoisotopic (exact) mass is 388 g/mol. The number of rotatable bonds is 4. The molecule has 0 N–H and O–H groups in total. The molecule has 1 saturated heterocycles. The molecule has 1 aliphatic heterocycles. The van der Waals surface area contributed by atoms with Crippen LogP contribution in [-0.2, 0) is 16.0 Å². The highest BCUT2D eigenvalue weighted by atomic mass is 32.1. The van der Waals surface area contributed by atoms with E-state index in [1.807, 2.05) is 21.9 Å². The number of carbonyl (C=O) groups excluding carboxylic acids is 1. The number of amides is 1. The first-order valence-electron chi connectivity index (χ1n) is 8.52. The van der Waals surface area contributed by atoms with Gasteiger partial charge in [-0.05, 0) is 19.9 Å². The van der Waals surface area contributed by atoms with Crippen LogP contribution in [0.3, 0.4) is 0 Å². The summed E-state index contributed by atoms with van der Waals surface area (Å²) in [5.41, 5.74) is 4.27. The molecule has 0 unspecified atom stereocenters. The molecular formula is C18H20N4O2S2. The number of morpholine rings is 1. The summed E-state index contributed by atoms with van der Waals surface area (Å²) in [6.07, 6.45) is 2.17. The fourth-order valence-corrected chi connectivity index (χ4v) is 4.75. The van der Waals surface area contributed by atoms with Gasteiger partial charge in [0.2, 0.25) is 5.91 Å². The molecule has 1 fully saturated rings. The zero-order chi connectivity index (χ0) is 18.1. The van der Waals surface area contributed by atoms with Gasteiger partial charge in [0.1, 0.15) is 5.01 Å². The number of hydrogen-bond donors (Lipinski definition) is 0. The molecule has 4 rings (SSSR count). The summed E-state index contributed by atoms with van der Waals surface area (Å²) in [7, 11) is 0. The normalized spacial score (nSPS) is 14.8. The summed E-state index contributed by atoms with van der Waals surface area (Å²) in [4.78, 5) is 23.4. The lowest BCUT2D eigenvalue weighted by Crippen LogP contribution is -2.41. The van der Waals surface area contributed by atoms with Crippen LogP contribution in [0.15, 0.2) is 23.0 Å². The molecule has 8 heteroatoms. The van der Waals surface area contributed by atoms with Crippen LogP contribution in [0.2, 0.25) is 0 Å². The largest absolute Gasteiger partial charge is 0.378 e. The van der Waals surface area contributed by atoms with Crippen molar-refractivity contribution in [3.05, 3.63) is 39.4 Å². The lowest BCUT2D eigenvalue weighted by Gasteiger charge is -2.26. The highest BCUT2D eigenvalue weighted by Gasteiger charge is 2.20. The molecule has 0 spiro atoms. The van der Waals surface area contributed by atoms with Crippen molar-refractivity contribution < 1.29 is 9.53 Å². The first-order chi connectivity index (χ1) is 12.6. The van der Waals surface area contributed by atoms with Crippen LogP contribution < -0.4 is 0 Å². The summed E-state index contributed by atoms with van der Waals surface area (Å²) in [6.45, 7) is 6.75. The molecule has 1 amide bonds. The Labute approximate surface area is 160 Å². The van der Waals surface area contributed by atoms with Crippen molar-refractivity contribution in [2.75, 3.05) is 26.3 Å². The molecule has 26 heavy (non-hydrogen) atoms. The minimum atomic E-state index is 0.127. The molecule has 0 bridgehead atoms. The number of aryl methyl sites for hydroxylation is 1. The smallest absolute Gasteiger partial charge is 0.229 e. The highest BCUT2D eigenvalue weighted by Crippen LogP contribution is 2.31. The predicted molar refractivity (Wildman–Crippen MR) is 103 cm³/mol. The van der Waals surface area contributed by atoms with E-state index in [2.05, 4.69) is 29.5 Å². The second kappa shape index (κ2) is 7.30. The van der Waals surface area contributed by atoms with Crippen molar-refractivity contribution in [3.8, 4) is 16.4 Å². The van der Waals surface area contributed by atoms with E-state index in [0.717, 1.165) is 32.8 Å². The molecule has 136 valence electrons. The van der Waals surface area contributed by atoms with Gasteiger partial charge in [-0.15, -0.1) is 22.7 Å². The Hall–Kier alpha value is -2.03. The van der Waals surface area contributed by atoms with E-state index in [1.165, 1.54) is 0 Å². The van der Waals surface area contributed by atoms with Gasteiger partial charge >= 0.3 is 0 Å². The van der Waals surface area contributed by atoms with Crippen molar-refractivity contribution in [1.29, 1.82) is 0 Å². The molecule has 6 nitrogen and oxygen atoms in total. The molecule has 0 saturated carbocycles. The van der Waals surface area contributed by atoms with Gasteiger partial charge in [0.15, 0.2) is 5.13 Å². The second-order valence-electron chi connectivity index (χ2n) is 6.23. The number of aromatic nitrogens is 3. The number of ether oxygens (including phenoxy) is 1. The first-order valence-corrected chi connectivity index (χ1v) is 10.3. The van der Waals surface area contributed by atoms with Crippen molar-refractivity contribution in [1.82, 2.24) is 19.4 Å². The van der Waals surface area contributed by atoms with Crippen LogP contribution >= 0.6 is 22.7 Å². The van der Waals surface area contributed by atoms with Gasteiger partial charge in [-0.25, -0.2) is 9.97 Å². The maximum atomic E-state index is 12.4. The summed E-state index contributed by atoms with van der Waals surface area (Å²) in [6, 6.07) is 2.14. The predicted octanol–water partition coefficient (Wildman–Crippen LogP) is 3.08. The molecule has 4 heterocycles. The van der Waals surface area contributed by atoms with Gasteiger partial charge in [-0.3, -0.25) is 9.36 Å². The third-order valence-electron chi connectivity index (χ3n) is 4.54. The van der Waals surface area contributed by atoms with Gasteiger partial charge < -0.3 is 9.64 Å². The van der Waals surface area contributed by atoms with E-state index in [-0.39, 0.29) is 5.91 Å². The van der Waals surface area contributed by atoms with Crippen LogP contribution in [0.5, 0.6) is 0 Å². The molecule has 0 aromatic carbocycles. The minimum Gasteiger partial charge on any atom is -0.378 e. The Balaban J connectivity index is 1.55. The van der Waals surface area contributed by atoms with Crippen LogP contribution in [0, 0.1) is 13.8 Å². The highest BCUT2D eigenvalue weighted by molar-refractivity contribution is 7.12. The fourth-order valence-electron chi connectivity index (χ4n) is 3.21. The zero-order valence-corrected chi connectivity index (χ0v) is 16.4. The van der Waals surface area contributed by atoms with Crippen molar-refractivity contribution in [2.45, 2.75) is 20.3 Å². The van der Waals surface area contributed by atoms with E-state index in [4.69, 9.17) is 9.72 Å². The number of nitrogens with zero attached hydrogens (tertiary/aromatic N) is 4. The van der Waals surface area contributed by atoms with Crippen molar-refractivity contribution in [3.63, 3.8) is 0 Å². The fraction of sp³-hybridized carbons (Fsp3) is 0.389. The molecule has 0 aliphatic carbocycles. The van der Waals surface area contributed by atoms with Gasteiger partial charge in [0.25, 0.3) is 0 Å². The van der Waals surface area contributed by atoms with Gasteiger partial charge in [0.05, 0.1) is 25.3 Å². The third-order valence-corrected chi connectivity index (χ3v) is 6.14. The van der Waals surface area contributed by atoms with E-state index >= 15 is 0 Å². The van der Waals surface area contributed by atoms with Crippen molar-refractivity contribution in [2.24, 2.45) is 0 Å². The van der Waals surface area contributed by atoms with Crippen LogP contribution in [-0.4, -0.2) is 51.6 Å². The number of thiazole rings is 2. The molecular weight excluding hydrogens is 368 g/mol. The molecule has 0 radical (unpaired) electrons. The Morgan fingerprint density at radius 3 is 2.81 bits per heavy atom. The SMILES string of the molecule is Cc1cc(-c2csc(CC(=O)N3CCOCC3)n2)c(C)n1-c1nccs1. The Kier molecular flexibility index (Phi) is 4.88. The van der Waals surface area contributed by atoms with E-state index in [1.54, 1.807) is 22.7 Å². The average Bonchev–Trinajstić information content (AvgIpc) is 3.37. The van der Waals surface area contributed by atoms with Crippen molar-refractivity contribution >= 4 is 28.6 Å². The summed E-state index contributed by atoms with van der Waals surface area (Å²) in [5.74, 6) is 0.127. The summed E-state index contributed by atoms with van der Waals surface area (Å²) in [5, 5.41) is 5.84. The van der Waals surface area contributed by atoms with Crippen LogP contribution in [0.25, 0.3) is 16.4 Å². The molecule has 1 aliphatic rings. The van der Waals surface area contributed by atoms with E-state index < -0.39 is 0 Å². The van der Waals surface area contributed by atoms with Gasteiger partial charge in [0, 0.05) is 47.0 Å². The maximum Gasteiger partial charge on any atom is 0.229 e. The molecule has 3 aromatic heterocycles. The topological polar surface area (TPSA) is 60.3 Å². The minimum absolute atomic E-state index is 0.127. The maximum absolute atomic E-state index is 12.4. The Morgan fingerprint density at radius 1 is 1.27 bits per heavy atom. The average molecular weight is 389 g/mol. The quantitative estimate of drug-likeness (QED) is 0.689. The molecule has 0 atom stereocenters. The van der Waals surface area contributed by atoms with E-state index in [9.17, 15) is 4.79 Å². The molecule has 3 aromatic rings. The zero-order valence-electron chi connectivity index (χ0n) is 14.8. The van der Waals surface area contributed by atoms with Crippen LogP contribution in [0.1, 0.15) is 16.4 Å². The summed E-state index contributed by atoms with van der Waals surface area (Å²) < 4.78 is 7.46. The number of carbonyl (C=O) groups is 1.